The van der Waals surface area contributed by atoms with Crippen LogP contribution < -0.4 is 0 Å². The molecule has 4 aromatic heterocycles. The summed E-state index contributed by atoms with van der Waals surface area (Å²) >= 11 is 1.89. The number of hydrogen-bond donors (Lipinski definition) is 0. The molecule has 0 aliphatic carbocycles. The van der Waals surface area contributed by atoms with Crippen LogP contribution >= 0.6 is 11.3 Å². The Balaban J connectivity index is 1.11. The smallest absolute Gasteiger partial charge is 0.121 e. The molecule has 0 aliphatic rings. The van der Waals surface area contributed by atoms with Gasteiger partial charge < -0.3 is 9.13 Å². The number of hydrogen-bond acceptors (Lipinski definition) is 3. The molecule has 0 amide bonds. The highest BCUT2D eigenvalue weighted by molar-refractivity contribution is 7.26. The minimum Gasteiger partial charge on any atom is -0.309 e. The monoisotopic (exact) mass is 733 g/mol. The topological polar surface area (TPSA) is 40.6 Å². The van der Waals surface area contributed by atoms with Crippen LogP contribution in [0.3, 0.4) is 0 Å². The normalized spacial score (nSPS) is 11.9. The quantitative estimate of drug-likeness (QED) is 0.177. The minimum absolute atomic E-state index is 0.847. The maximum absolute atomic E-state index is 4.82. The van der Waals surface area contributed by atoms with Crippen molar-refractivity contribution in [3.8, 4) is 39.6 Å². The fraction of sp³-hybridized carbons (Fsp3) is 0. The van der Waals surface area contributed by atoms with Crippen LogP contribution in [0.25, 0.3) is 103 Å². The summed E-state index contributed by atoms with van der Waals surface area (Å²) in [5, 5.41) is 17.1. The summed E-state index contributed by atoms with van der Waals surface area (Å²) in [5.74, 6) is 0. The number of benzene rings is 8. The Bertz CT molecular complexity index is 3420. The van der Waals surface area contributed by atoms with Gasteiger partial charge in [0, 0.05) is 64.2 Å². The maximum atomic E-state index is 4.82. The Kier molecular flexibility index (Phi) is 6.73. The molecule has 5 nitrogen and oxygen atoms in total. The Morgan fingerprint density at radius 3 is 1.73 bits per heavy atom. The number of thiophene rings is 1. The van der Waals surface area contributed by atoms with Crippen LogP contribution in [0.2, 0.25) is 0 Å². The zero-order chi connectivity index (χ0) is 36.7. The molecule has 0 atom stereocenters. The van der Waals surface area contributed by atoms with Gasteiger partial charge in [-0.05, 0) is 60.7 Å². The number of nitrogens with zero attached hydrogens (tertiary/aromatic N) is 5. The van der Waals surface area contributed by atoms with Gasteiger partial charge in [-0.2, -0.15) is 0 Å². The first kappa shape index (κ1) is 31.1. The van der Waals surface area contributed by atoms with E-state index in [1.54, 1.807) is 0 Å². The zero-order valence-electron chi connectivity index (χ0n) is 30.0. The molecule has 0 N–H and O–H groups in total. The van der Waals surface area contributed by atoms with Crippen molar-refractivity contribution in [2.45, 2.75) is 0 Å². The van der Waals surface area contributed by atoms with Crippen molar-refractivity contribution in [3.63, 3.8) is 0 Å². The predicted molar refractivity (Wildman–Crippen MR) is 234 cm³/mol. The van der Waals surface area contributed by atoms with E-state index in [0.717, 1.165) is 56.0 Å². The molecule has 262 valence electrons. The average molecular weight is 734 g/mol. The van der Waals surface area contributed by atoms with E-state index < -0.39 is 0 Å². The van der Waals surface area contributed by atoms with Gasteiger partial charge in [0.1, 0.15) is 11.4 Å². The third-order valence-corrected chi connectivity index (χ3v) is 12.4. The number of rotatable bonds is 5. The van der Waals surface area contributed by atoms with Gasteiger partial charge >= 0.3 is 0 Å². The summed E-state index contributed by atoms with van der Waals surface area (Å²) < 4.78 is 9.49. The van der Waals surface area contributed by atoms with Gasteiger partial charge in [-0.15, -0.1) is 16.4 Å². The van der Waals surface area contributed by atoms with Gasteiger partial charge in [0.25, 0.3) is 0 Å². The maximum Gasteiger partial charge on any atom is 0.121 e. The molecule has 0 bridgehead atoms. The third kappa shape index (κ3) is 4.48. The molecule has 0 fully saturated rings. The number of fused-ring (bicyclic) bond motifs is 10. The van der Waals surface area contributed by atoms with Crippen LogP contribution in [0.5, 0.6) is 0 Å². The van der Waals surface area contributed by atoms with Crippen molar-refractivity contribution in [3.05, 3.63) is 188 Å². The average Bonchev–Trinajstić information content (AvgIpc) is 4.04. The van der Waals surface area contributed by atoms with E-state index in [4.69, 9.17) is 10.3 Å². The van der Waals surface area contributed by atoms with E-state index in [1.165, 1.54) is 47.4 Å². The molecular weight excluding hydrogens is 703 g/mol. The fourth-order valence-corrected chi connectivity index (χ4v) is 10.1. The molecule has 12 aromatic rings. The largest absolute Gasteiger partial charge is 0.309 e. The molecule has 0 aliphatic heterocycles. The Morgan fingerprint density at radius 1 is 0.411 bits per heavy atom. The van der Waals surface area contributed by atoms with Crippen molar-refractivity contribution in [1.82, 2.24) is 24.1 Å². The lowest BCUT2D eigenvalue weighted by atomic mass is 9.99. The molecule has 0 radical (unpaired) electrons. The third-order valence-electron chi connectivity index (χ3n) is 11.2. The van der Waals surface area contributed by atoms with Crippen molar-refractivity contribution < 1.29 is 0 Å². The predicted octanol–water partition coefficient (Wildman–Crippen LogP) is 13.2. The van der Waals surface area contributed by atoms with Crippen molar-refractivity contribution >= 4 is 75.1 Å². The summed E-state index contributed by atoms with van der Waals surface area (Å²) in [7, 11) is 0. The fourth-order valence-electron chi connectivity index (χ4n) is 8.84. The molecule has 0 spiro atoms. The molecule has 12 rings (SSSR count). The first-order chi connectivity index (χ1) is 27.8. The van der Waals surface area contributed by atoms with Gasteiger partial charge in [-0.1, -0.05) is 133 Å². The van der Waals surface area contributed by atoms with E-state index >= 15 is 0 Å². The van der Waals surface area contributed by atoms with E-state index in [1.807, 2.05) is 40.3 Å². The summed E-state index contributed by atoms with van der Waals surface area (Å²) in [5.41, 5.74) is 11.8. The second-order valence-electron chi connectivity index (χ2n) is 14.3. The Labute approximate surface area is 325 Å². The standard InChI is InChI=1S/C50H31N5S/c1-3-15-32(16-4-1)48-49(55(52-51-48)33-17-5-2-6-18-33)40-24-14-27-43-46(40)38-22-7-10-25-41(38)53(43)34-19-13-20-35(31-34)54-42-26-11-8-23-39(42)47-44(54)30-29-37-36-21-9-12-28-45(36)56-50(37)47/h1-31H. The summed E-state index contributed by atoms with van der Waals surface area (Å²) in [6, 6.07) is 67.2. The molecular formula is C50H31N5S. The Hall–Kier alpha value is -7.28. The van der Waals surface area contributed by atoms with Crippen LogP contribution in [0.1, 0.15) is 0 Å². The molecule has 0 unspecified atom stereocenters. The van der Waals surface area contributed by atoms with Crippen LogP contribution in [-0.4, -0.2) is 24.1 Å². The SMILES string of the molecule is c1ccc(-c2nnn(-c3ccccc3)c2-c2cccc3c2c2ccccc2n3-c2cccc(-n3c4ccccc4c4c5sc6ccccc6c5ccc43)c2)cc1. The molecule has 8 aromatic carbocycles. The Morgan fingerprint density at radius 2 is 0.982 bits per heavy atom. The summed E-state index contributed by atoms with van der Waals surface area (Å²) in [6.07, 6.45) is 0. The van der Waals surface area contributed by atoms with Crippen LogP contribution in [0, 0.1) is 0 Å². The number of aromatic nitrogens is 5. The molecule has 4 heterocycles. The second kappa shape index (κ2) is 12.1. The van der Waals surface area contributed by atoms with E-state index in [9.17, 15) is 0 Å². The van der Waals surface area contributed by atoms with Crippen molar-refractivity contribution in [2.75, 3.05) is 0 Å². The highest BCUT2D eigenvalue weighted by Crippen LogP contribution is 2.45. The summed E-state index contributed by atoms with van der Waals surface area (Å²) in [6.45, 7) is 0. The highest BCUT2D eigenvalue weighted by Gasteiger charge is 2.24. The zero-order valence-corrected chi connectivity index (χ0v) is 30.9. The molecule has 0 saturated heterocycles. The van der Waals surface area contributed by atoms with Gasteiger partial charge in [-0.25, -0.2) is 4.68 Å². The van der Waals surface area contributed by atoms with Crippen LogP contribution in [0.4, 0.5) is 0 Å². The first-order valence-electron chi connectivity index (χ1n) is 18.9. The summed E-state index contributed by atoms with van der Waals surface area (Å²) in [4.78, 5) is 0. The van der Waals surface area contributed by atoms with E-state index in [0.29, 0.717) is 0 Å². The lowest BCUT2D eigenvalue weighted by Gasteiger charge is -2.13. The number of para-hydroxylation sites is 3. The highest BCUT2D eigenvalue weighted by atomic mass is 32.1. The first-order valence-corrected chi connectivity index (χ1v) is 19.7. The molecule has 6 heteroatoms. The van der Waals surface area contributed by atoms with Crippen molar-refractivity contribution in [2.24, 2.45) is 0 Å². The van der Waals surface area contributed by atoms with Crippen molar-refractivity contribution in [1.29, 1.82) is 0 Å². The lowest BCUT2D eigenvalue weighted by Crippen LogP contribution is -2.00. The van der Waals surface area contributed by atoms with E-state index in [-0.39, 0.29) is 0 Å². The molecule has 0 saturated carbocycles. The van der Waals surface area contributed by atoms with Crippen LogP contribution in [0.15, 0.2) is 188 Å². The minimum atomic E-state index is 0.847. The second-order valence-corrected chi connectivity index (χ2v) is 15.3. The van der Waals surface area contributed by atoms with Gasteiger partial charge in [0.05, 0.1) is 27.8 Å². The van der Waals surface area contributed by atoms with Gasteiger partial charge in [-0.3, -0.25) is 0 Å². The van der Waals surface area contributed by atoms with Gasteiger partial charge in [0.2, 0.25) is 0 Å². The lowest BCUT2D eigenvalue weighted by molar-refractivity contribution is 0.809. The van der Waals surface area contributed by atoms with Gasteiger partial charge in [0.15, 0.2) is 0 Å². The van der Waals surface area contributed by atoms with Crippen LogP contribution in [-0.2, 0) is 0 Å². The van der Waals surface area contributed by atoms with E-state index in [2.05, 4.69) is 173 Å². The molecule has 56 heavy (non-hydrogen) atoms.